The molecule has 1 aromatic carbocycles. The second-order valence-corrected chi connectivity index (χ2v) is 8.40. The molecule has 0 bridgehead atoms. The van der Waals surface area contributed by atoms with E-state index in [0.29, 0.717) is 27.6 Å². The van der Waals surface area contributed by atoms with Crippen molar-refractivity contribution in [3.63, 3.8) is 0 Å². The number of rotatable bonds is 7. The van der Waals surface area contributed by atoms with E-state index in [-0.39, 0.29) is 24.6 Å². The van der Waals surface area contributed by atoms with E-state index in [1.807, 2.05) is 29.6 Å². The minimum absolute atomic E-state index is 0.140. The molecule has 0 unspecified atom stereocenters. The van der Waals surface area contributed by atoms with Crippen molar-refractivity contribution in [1.82, 2.24) is 4.57 Å². The number of benzene rings is 1. The van der Waals surface area contributed by atoms with Crippen LogP contribution < -0.4 is 10.9 Å². The standard InChI is InChI=1S/C24H26N2O4S/c1-5-30-24(29)21-19(18-10-8-17(9-11-18)15(2)3)14-31-22(21)25-20(27)13-26-12-6-7-16(4)23(26)28/h6-12,14-15H,5,13H2,1-4H3,(H,25,27). The zero-order valence-electron chi connectivity index (χ0n) is 18.1. The SMILES string of the molecule is CCOC(=O)c1c(-c2ccc(C(C)C)cc2)csc1NC(=O)Cn1cccc(C)c1=O. The van der Waals surface area contributed by atoms with E-state index in [1.54, 1.807) is 32.2 Å². The van der Waals surface area contributed by atoms with E-state index >= 15 is 0 Å². The van der Waals surface area contributed by atoms with Gasteiger partial charge in [0, 0.05) is 22.7 Å². The molecule has 2 aromatic heterocycles. The maximum Gasteiger partial charge on any atom is 0.341 e. The maximum atomic E-state index is 12.7. The number of aromatic nitrogens is 1. The summed E-state index contributed by atoms with van der Waals surface area (Å²) in [5.74, 6) is -0.475. The van der Waals surface area contributed by atoms with E-state index in [4.69, 9.17) is 4.74 Å². The van der Waals surface area contributed by atoms with Gasteiger partial charge in [0.1, 0.15) is 17.1 Å². The molecule has 7 heteroatoms. The predicted octanol–water partition coefficient (Wildman–Crippen LogP) is 4.82. The van der Waals surface area contributed by atoms with Gasteiger partial charge >= 0.3 is 5.97 Å². The number of aryl methyl sites for hydroxylation is 1. The van der Waals surface area contributed by atoms with Crippen LogP contribution in [-0.2, 0) is 16.1 Å². The van der Waals surface area contributed by atoms with Crippen molar-refractivity contribution in [3.8, 4) is 11.1 Å². The molecule has 0 radical (unpaired) electrons. The number of carbonyl (C=O) groups is 2. The fourth-order valence-electron chi connectivity index (χ4n) is 3.22. The van der Waals surface area contributed by atoms with Crippen LogP contribution in [0.1, 0.15) is 48.2 Å². The highest BCUT2D eigenvalue weighted by atomic mass is 32.1. The number of thiophene rings is 1. The van der Waals surface area contributed by atoms with E-state index in [2.05, 4.69) is 19.2 Å². The summed E-state index contributed by atoms with van der Waals surface area (Å²) in [4.78, 5) is 37.5. The minimum atomic E-state index is -0.491. The molecule has 2 heterocycles. The van der Waals surface area contributed by atoms with Crippen LogP contribution >= 0.6 is 11.3 Å². The molecule has 0 saturated carbocycles. The molecule has 1 amide bonds. The second kappa shape index (κ2) is 9.75. The molecular formula is C24H26N2O4S. The van der Waals surface area contributed by atoms with Gasteiger partial charge in [-0.05, 0) is 37.0 Å². The van der Waals surface area contributed by atoms with Crippen molar-refractivity contribution in [1.29, 1.82) is 0 Å². The summed E-state index contributed by atoms with van der Waals surface area (Å²) in [7, 11) is 0. The van der Waals surface area contributed by atoms with Crippen molar-refractivity contribution >= 4 is 28.2 Å². The number of nitrogens with zero attached hydrogens (tertiary/aromatic N) is 1. The normalized spacial score (nSPS) is 10.9. The van der Waals surface area contributed by atoms with Crippen LogP contribution in [-0.4, -0.2) is 23.1 Å². The zero-order chi connectivity index (χ0) is 22.5. The first-order chi connectivity index (χ1) is 14.8. The van der Waals surface area contributed by atoms with E-state index in [1.165, 1.54) is 21.5 Å². The molecule has 162 valence electrons. The third-order valence-electron chi connectivity index (χ3n) is 4.94. The summed E-state index contributed by atoms with van der Waals surface area (Å²) in [6, 6.07) is 11.4. The molecule has 0 aliphatic rings. The maximum absolute atomic E-state index is 12.7. The Bertz CT molecular complexity index is 1140. The highest BCUT2D eigenvalue weighted by molar-refractivity contribution is 7.15. The van der Waals surface area contributed by atoms with Gasteiger partial charge < -0.3 is 14.6 Å². The predicted molar refractivity (Wildman–Crippen MR) is 124 cm³/mol. The topological polar surface area (TPSA) is 77.4 Å². The highest BCUT2D eigenvalue weighted by Crippen LogP contribution is 2.36. The summed E-state index contributed by atoms with van der Waals surface area (Å²) in [5.41, 5.74) is 3.45. The van der Waals surface area contributed by atoms with Gasteiger partial charge in [-0.3, -0.25) is 9.59 Å². The smallest absolute Gasteiger partial charge is 0.341 e. The summed E-state index contributed by atoms with van der Waals surface area (Å²) in [6.07, 6.45) is 1.57. The largest absolute Gasteiger partial charge is 0.462 e. The Hall–Kier alpha value is -3.19. The van der Waals surface area contributed by atoms with Crippen molar-refractivity contribution < 1.29 is 14.3 Å². The quantitative estimate of drug-likeness (QED) is 0.536. The first-order valence-electron chi connectivity index (χ1n) is 10.2. The molecule has 0 atom stereocenters. The lowest BCUT2D eigenvalue weighted by Gasteiger charge is -2.11. The number of anilines is 1. The van der Waals surface area contributed by atoms with E-state index < -0.39 is 5.97 Å². The number of carbonyl (C=O) groups excluding carboxylic acids is 2. The molecule has 0 saturated heterocycles. The van der Waals surface area contributed by atoms with Crippen LogP contribution in [0.15, 0.2) is 52.8 Å². The van der Waals surface area contributed by atoms with Crippen LogP contribution in [0.4, 0.5) is 5.00 Å². The monoisotopic (exact) mass is 438 g/mol. The fourth-order valence-corrected chi connectivity index (χ4v) is 4.19. The molecule has 3 rings (SSSR count). The first kappa shape index (κ1) is 22.5. The van der Waals surface area contributed by atoms with Crippen LogP contribution in [0, 0.1) is 6.92 Å². The van der Waals surface area contributed by atoms with Crippen molar-refractivity contribution in [2.24, 2.45) is 0 Å². The molecule has 0 fully saturated rings. The number of ether oxygens (including phenoxy) is 1. The van der Waals surface area contributed by atoms with Gasteiger partial charge in [0.25, 0.3) is 5.56 Å². The van der Waals surface area contributed by atoms with Crippen LogP contribution in [0.25, 0.3) is 11.1 Å². The second-order valence-electron chi connectivity index (χ2n) is 7.52. The van der Waals surface area contributed by atoms with Gasteiger partial charge in [-0.2, -0.15) is 0 Å². The Balaban J connectivity index is 1.91. The van der Waals surface area contributed by atoms with Crippen molar-refractivity contribution in [2.75, 3.05) is 11.9 Å². The van der Waals surface area contributed by atoms with Gasteiger partial charge in [-0.15, -0.1) is 11.3 Å². The molecule has 0 spiro atoms. The molecule has 3 aromatic rings. The average molecular weight is 439 g/mol. The van der Waals surface area contributed by atoms with Gasteiger partial charge in [0.15, 0.2) is 0 Å². The Kier molecular flexibility index (Phi) is 7.07. The van der Waals surface area contributed by atoms with Gasteiger partial charge in [0.2, 0.25) is 5.91 Å². The Morgan fingerprint density at radius 1 is 1.16 bits per heavy atom. The average Bonchev–Trinajstić information content (AvgIpc) is 3.15. The third kappa shape index (κ3) is 5.11. The molecule has 0 aliphatic heterocycles. The fraction of sp³-hybridized carbons (Fsp3) is 0.292. The number of pyridine rings is 1. The summed E-state index contributed by atoms with van der Waals surface area (Å²) in [5, 5.41) is 5.03. The van der Waals surface area contributed by atoms with Gasteiger partial charge in [-0.25, -0.2) is 4.79 Å². The van der Waals surface area contributed by atoms with Crippen molar-refractivity contribution in [2.45, 2.75) is 40.2 Å². The summed E-state index contributed by atoms with van der Waals surface area (Å²) < 4.78 is 6.59. The van der Waals surface area contributed by atoms with E-state index in [0.717, 1.165) is 5.56 Å². The number of esters is 1. The molecule has 1 N–H and O–H groups in total. The number of nitrogens with one attached hydrogen (secondary N) is 1. The van der Waals surface area contributed by atoms with Crippen LogP contribution in [0.5, 0.6) is 0 Å². The highest BCUT2D eigenvalue weighted by Gasteiger charge is 2.23. The zero-order valence-corrected chi connectivity index (χ0v) is 18.9. The number of amides is 1. The van der Waals surface area contributed by atoms with Gasteiger partial charge in [-0.1, -0.05) is 44.2 Å². The minimum Gasteiger partial charge on any atom is -0.462 e. The molecular weight excluding hydrogens is 412 g/mol. The lowest BCUT2D eigenvalue weighted by Crippen LogP contribution is -2.28. The molecule has 31 heavy (non-hydrogen) atoms. The molecule has 6 nitrogen and oxygen atoms in total. The lowest BCUT2D eigenvalue weighted by molar-refractivity contribution is -0.116. The van der Waals surface area contributed by atoms with E-state index in [9.17, 15) is 14.4 Å². The Labute approximate surface area is 185 Å². The molecule has 0 aliphatic carbocycles. The Morgan fingerprint density at radius 3 is 2.52 bits per heavy atom. The number of hydrogen-bond acceptors (Lipinski definition) is 5. The lowest BCUT2D eigenvalue weighted by atomic mass is 9.98. The van der Waals surface area contributed by atoms with Crippen LogP contribution in [0.2, 0.25) is 0 Å². The third-order valence-corrected chi connectivity index (χ3v) is 5.83. The summed E-state index contributed by atoms with van der Waals surface area (Å²) in [6.45, 7) is 7.77. The first-order valence-corrected chi connectivity index (χ1v) is 11.0. The Morgan fingerprint density at radius 2 is 1.87 bits per heavy atom. The number of hydrogen-bond donors (Lipinski definition) is 1. The summed E-state index contributed by atoms with van der Waals surface area (Å²) >= 11 is 1.26. The van der Waals surface area contributed by atoms with Crippen LogP contribution in [0.3, 0.4) is 0 Å². The van der Waals surface area contributed by atoms with Gasteiger partial charge in [0.05, 0.1) is 6.61 Å². The van der Waals surface area contributed by atoms with Crippen molar-refractivity contribution in [3.05, 3.63) is 75.0 Å².